The highest BCUT2D eigenvalue weighted by Gasteiger charge is 2.28. The third-order valence-electron chi connectivity index (χ3n) is 4.19. The number of sulfonamides is 1. The lowest BCUT2D eigenvalue weighted by Gasteiger charge is -2.07. The Morgan fingerprint density at radius 2 is 1.86 bits per heavy atom. The molecule has 1 aliphatic rings. The highest BCUT2D eigenvalue weighted by atomic mass is 32.2. The summed E-state index contributed by atoms with van der Waals surface area (Å²) in [6.45, 7) is 0. The molecule has 4 rings (SSSR count). The fourth-order valence-corrected chi connectivity index (χ4v) is 4.73. The first-order chi connectivity index (χ1) is 13.5. The minimum atomic E-state index is -3.61. The van der Waals surface area contributed by atoms with Gasteiger partial charge >= 0.3 is 0 Å². The van der Waals surface area contributed by atoms with Crippen molar-refractivity contribution in [2.75, 3.05) is 5.32 Å². The van der Waals surface area contributed by atoms with E-state index in [4.69, 9.17) is 0 Å². The monoisotopic (exact) mass is 414 g/mol. The van der Waals surface area contributed by atoms with Crippen LogP contribution >= 0.6 is 11.3 Å². The Balaban J connectivity index is 1.44. The number of hydrogen-bond donors (Lipinski definition) is 2. The van der Waals surface area contributed by atoms with Gasteiger partial charge in [-0.05, 0) is 36.6 Å². The molecule has 28 heavy (non-hydrogen) atoms. The molecule has 1 amide bonds. The molecule has 9 heteroatoms. The molecule has 0 saturated heterocycles. The van der Waals surface area contributed by atoms with Gasteiger partial charge in [0.2, 0.25) is 15.2 Å². The number of carbonyl (C=O) groups excluding carboxylic acids is 1. The summed E-state index contributed by atoms with van der Waals surface area (Å²) in [5.41, 5.74) is 1.36. The molecule has 1 heterocycles. The standard InChI is InChI=1S/C19H18N4O3S2/c24-18(14-7-4-8-16(12-14)28(25,26)23-15-9-10-15)20-19-22-21-17(27-19)11-13-5-2-1-3-6-13/h1-8,12,15,23H,9-11H2,(H,20,22,24). The van der Waals surface area contributed by atoms with Crippen molar-refractivity contribution in [1.82, 2.24) is 14.9 Å². The molecule has 0 radical (unpaired) electrons. The van der Waals surface area contributed by atoms with Gasteiger partial charge in [0.1, 0.15) is 5.01 Å². The lowest BCUT2D eigenvalue weighted by atomic mass is 10.2. The van der Waals surface area contributed by atoms with Gasteiger partial charge in [-0.2, -0.15) is 0 Å². The molecule has 0 bridgehead atoms. The van der Waals surface area contributed by atoms with Crippen LogP contribution in [0, 0.1) is 0 Å². The second-order valence-corrected chi connectivity index (χ2v) is 9.32. The Morgan fingerprint density at radius 1 is 1.07 bits per heavy atom. The number of aromatic nitrogens is 2. The average Bonchev–Trinajstić information content (AvgIpc) is 3.39. The van der Waals surface area contributed by atoms with E-state index < -0.39 is 15.9 Å². The molecule has 2 aromatic carbocycles. The normalized spacial score (nSPS) is 14.0. The molecule has 0 unspecified atom stereocenters. The molecule has 1 saturated carbocycles. The van der Waals surface area contributed by atoms with Crippen molar-refractivity contribution in [2.24, 2.45) is 0 Å². The highest BCUT2D eigenvalue weighted by Crippen LogP contribution is 2.23. The molecular formula is C19H18N4O3S2. The lowest BCUT2D eigenvalue weighted by Crippen LogP contribution is -2.26. The van der Waals surface area contributed by atoms with E-state index in [1.807, 2.05) is 30.3 Å². The maximum atomic E-state index is 12.5. The van der Waals surface area contributed by atoms with Crippen molar-refractivity contribution in [3.8, 4) is 0 Å². The summed E-state index contributed by atoms with van der Waals surface area (Å²) in [5.74, 6) is -0.425. The van der Waals surface area contributed by atoms with Crippen LogP contribution < -0.4 is 10.0 Å². The van der Waals surface area contributed by atoms with Crippen LogP contribution in [0.25, 0.3) is 0 Å². The second kappa shape index (κ2) is 7.78. The quantitative estimate of drug-likeness (QED) is 0.619. The highest BCUT2D eigenvalue weighted by molar-refractivity contribution is 7.89. The van der Waals surface area contributed by atoms with E-state index in [-0.39, 0.29) is 16.5 Å². The number of rotatable bonds is 7. The minimum Gasteiger partial charge on any atom is -0.296 e. The zero-order chi connectivity index (χ0) is 19.6. The maximum Gasteiger partial charge on any atom is 0.257 e. The summed E-state index contributed by atoms with van der Waals surface area (Å²) in [4.78, 5) is 12.6. The first-order valence-corrected chi connectivity index (χ1v) is 11.1. The van der Waals surface area contributed by atoms with Gasteiger partial charge in [0.25, 0.3) is 5.91 Å². The van der Waals surface area contributed by atoms with Crippen LogP contribution in [-0.2, 0) is 16.4 Å². The van der Waals surface area contributed by atoms with Gasteiger partial charge in [0.05, 0.1) is 4.90 Å². The lowest BCUT2D eigenvalue weighted by molar-refractivity contribution is 0.102. The summed E-state index contributed by atoms with van der Waals surface area (Å²) in [6.07, 6.45) is 2.33. The van der Waals surface area contributed by atoms with Gasteiger partial charge in [-0.3, -0.25) is 10.1 Å². The van der Waals surface area contributed by atoms with E-state index in [1.165, 1.54) is 23.5 Å². The van der Waals surface area contributed by atoms with Gasteiger partial charge in [-0.1, -0.05) is 47.7 Å². The minimum absolute atomic E-state index is 0.00640. The van der Waals surface area contributed by atoms with Gasteiger partial charge in [-0.15, -0.1) is 10.2 Å². The Hall–Kier alpha value is -2.62. The fraction of sp³-hybridized carbons (Fsp3) is 0.211. The average molecular weight is 415 g/mol. The number of amides is 1. The first-order valence-electron chi connectivity index (χ1n) is 8.80. The number of nitrogens with zero attached hydrogens (tertiary/aromatic N) is 2. The van der Waals surface area contributed by atoms with Gasteiger partial charge in [-0.25, -0.2) is 13.1 Å². The molecule has 1 aromatic heterocycles. The Bertz CT molecular complexity index is 1090. The van der Waals surface area contributed by atoms with Crippen LogP contribution in [0.2, 0.25) is 0 Å². The van der Waals surface area contributed by atoms with Crippen LogP contribution in [0.15, 0.2) is 59.5 Å². The second-order valence-electron chi connectivity index (χ2n) is 6.54. The number of anilines is 1. The van der Waals surface area contributed by atoms with Gasteiger partial charge in [0, 0.05) is 18.0 Å². The first kappa shape index (κ1) is 18.7. The predicted molar refractivity (Wildman–Crippen MR) is 107 cm³/mol. The number of carbonyl (C=O) groups is 1. The summed E-state index contributed by atoms with van der Waals surface area (Å²) in [6, 6.07) is 15.8. The predicted octanol–water partition coefficient (Wildman–Crippen LogP) is 2.82. The molecule has 1 aliphatic carbocycles. The van der Waals surface area contributed by atoms with Gasteiger partial charge in [0.15, 0.2) is 0 Å². The van der Waals surface area contributed by atoms with Crippen molar-refractivity contribution in [1.29, 1.82) is 0 Å². The summed E-state index contributed by atoms with van der Waals surface area (Å²) < 4.78 is 27.3. The third-order valence-corrected chi connectivity index (χ3v) is 6.55. The SMILES string of the molecule is O=C(Nc1nnc(Cc2ccccc2)s1)c1cccc(S(=O)(=O)NC2CC2)c1. The molecule has 144 valence electrons. The molecule has 1 fully saturated rings. The summed E-state index contributed by atoms with van der Waals surface area (Å²) >= 11 is 1.29. The van der Waals surface area contributed by atoms with Crippen LogP contribution in [-0.4, -0.2) is 30.6 Å². The molecule has 0 atom stereocenters. The van der Waals surface area contributed by atoms with Crippen molar-refractivity contribution < 1.29 is 13.2 Å². The molecule has 0 spiro atoms. The van der Waals surface area contributed by atoms with E-state index in [0.29, 0.717) is 11.6 Å². The van der Waals surface area contributed by atoms with Crippen molar-refractivity contribution in [2.45, 2.75) is 30.2 Å². The summed E-state index contributed by atoms with van der Waals surface area (Å²) in [7, 11) is -3.61. The molecule has 3 aromatic rings. The summed E-state index contributed by atoms with van der Waals surface area (Å²) in [5, 5.41) is 12.0. The molecular weight excluding hydrogens is 396 g/mol. The molecule has 2 N–H and O–H groups in total. The van der Waals surface area contributed by atoms with Gasteiger partial charge < -0.3 is 0 Å². The number of hydrogen-bond acceptors (Lipinski definition) is 6. The number of benzene rings is 2. The van der Waals surface area contributed by atoms with Crippen LogP contribution in [0.4, 0.5) is 5.13 Å². The van der Waals surface area contributed by atoms with E-state index in [9.17, 15) is 13.2 Å². The van der Waals surface area contributed by atoms with E-state index in [0.717, 1.165) is 23.4 Å². The molecule has 0 aliphatic heterocycles. The molecule has 7 nitrogen and oxygen atoms in total. The topological polar surface area (TPSA) is 101 Å². The zero-order valence-electron chi connectivity index (χ0n) is 14.8. The Labute approximate surface area is 166 Å². The van der Waals surface area contributed by atoms with Crippen molar-refractivity contribution in [3.05, 3.63) is 70.7 Å². The van der Waals surface area contributed by atoms with Crippen LogP contribution in [0.1, 0.15) is 33.8 Å². The number of nitrogens with one attached hydrogen (secondary N) is 2. The maximum absolute atomic E-state index is 12.5. The van der Waals surface area contributed by atoms with Crippen molar-refractivity contribution >= 4 is 32.4 Å². The van der Waals surface area contributed by atoms with Crippen LogP contribution in [0.5, 0.6) is 0 Å². The third kappa shape index (κ3) is 4.61. The van der Waals surface area contributed by atoms with E-state index in [1.54, 1.807) is 12.1 Å². The Kier molecular flexibility index (Phi) is 5.21. The smallest absolute Gasteiger partial charge is 0.257 e. The zero-order valence-corrected chi connectivity index (χ0v) is 16.5. The van der Waals surface area contributed by atoms with Crippen molar-refractivity contribution in [3.63, 3.8) is 0 Å². The van der Waals surface area contributed by atoms with E-state index >= 15 is 0 Å². The van der Waals surface area contributed by atoms with Crippen LogP contribution in [0.3, 0.4) is 0 Å². The fourth-order valence-electron chi connectivity index (χ4n) is 2.61. The van der Waals surface area contributed by atoms with E-state index in [2.05, 4.69) is 20.2 Å². The largest absolute Gasteiger partial charge is 0.296 e. The Morgan fingerprint density at radius 3 is 2.61 bits per heavy atom.